The minimum atomic E-state index is -0.845. The molecule has 1 unspecified atom stereocenters. The van der Waals surface area contributed by atoms with E-state index in [-0.39, 0.29) is 29.2 Å². The summed E-state index contributed by atoms with van der Waals surface area (Å²) in [6.07, 6.45) is 0. The topological polar surface area (TPSA) is 96.3 Å². The summed E-state index contributed by atoms with van der Waals surface area (Å²) in [4.78, 5) is 27.9. The van der Waals surface area contributed by atoms with Gasteiger partial charge in [0.2, 0.25) is 0 Å². The van der Waals surface area contributed by atoms with Gasteiger partial charge in [0.15, 0.2) is 0 Å². The fraction of sp³-hybridized carbons (Fsp3) is 0.241. The van der Waals surface area contributed by atoms with Gasteiger partial charge in [-0.3, -0.25) is 9.59 Å². The number of rotatable bonds is 6. The van der Waals surface area contributed by atoms with E-state index in [1.807, 2.05) is 45.0 Å². The number of amides is 1. The first-order valence-electron chi connectivity index (χ1n) is 11.6. The number of likely N-dealkylation sites (tertiary alicyclic amines) is 1. The highest BCUT2D eigenvalue weighted by Crippen LogP contribution is 2.41. The SMILES string of the molecule is COc1cccc(/C(O)=C2/C(=O)C(=O)N(Cc3ccc(OC(C)(C)C)cc3)C2c2ccc(O)cc2)c1. The molecule has 0 radical (unpaired) electrons. The number of ether oxygens (including phenoxy) is 2. The summed E-state index contributed by atoms with van der Waals surface area (Å²) < 4.78 is 11.1. The Hall–Kier alpha value is -4.26. The van der Waals surface area contributed by atoms with Gasteiger partial charge in [-0.15, -0.1) is 0 Å². The maximum Gasteiger partial charge on any atom is 0.295 e. The second-order valence-electron chi connectivity index (χ2n) is 9.61. The Kier molecular flexibility index (Phi) is 6.75. The quantitative estimate of drug-likeness (QED) is 0.282. The van der Waals surface area contributed by atoms with Crippen LogP contribution in [-0.2, 0) is 16.1 Å². The van der Waals surface area contributed by atoms with Gasteiger partial charge in [0.25, 0.3) is 11.7 Å². The number of aliphatic hydroxyl groups is 1. The van der Waals surface area contributed by atoms with Gasteiger partial charge in [-0.25, -0.2) is 0 Å². The van der Waals surface area contributed by atoms with Crippen LogP contribution in [0, 0.1) is 0 Å². The van der Waals surface area contributed by atoms with Gasteiger partial charge in [0.05, 0.1) is 18.7 Å². The average molecular weight is 488 g/mol. The maximum atomic E-state index is 13.2. The summed E-state index contributed by atoms with van der Waals surface area (Å²) in [7, 11) is 1.51. The van der Waals surface area contributed by atoms with Crippen LogP contribution in [0.5, 0.6) is 17.2 Å². The van der Waals surface area contributed by atoms with Crippen LogP contribution in [0.25, 0.3) is 5.76 Å². The van der Waals surface area contributed by atoms with E-state index in [0.29, 0.717) is 22.6 Å². The Morgan fingerprint density at radius 3 is 2.22 bits per heavy atom. The van der Waals surface area contributed by atoms with Gasteiger partial charge in [0.1, 0.15) is 28.6 Å². The second kappa shape index (κ2) is 9.77. The lowest BCUT2D eigenvalue weighted by Crippen LogP contribution is -2.29. The van der Waals surface area contributed by atoms with E-state index in [0.717, 1.165) is 5.56 Å². The largest absolute Gasteiger partial charge is 0.508 e. The van der Waals surface area contributed by atoms with Gasteiger partial charge in [-0.1, -0.05) is 36.4 Å². The zero-order valence-corrected chi connectivity index (χ0v) is 20.7. The Balaban J connectivity index is 1.76. The molecule has 0 aliphatic carbocycles. The summed E-state index contributed by atoms with van der Waals surface area (Å²) in [6.45, 7) is 6.02. The minimum Gasteiger partial charge on any atom is -0.508 e. The van der Waals surface area contributed by atoms with Crippen molar-refractivity contribution in [2.45, 2.75) is 39.0 Å². The number of aliphatic hydroxyl groups excluding tert-OH is 1. The van der Waals surface area contributed by atoms with Crippen LogP contribution in [0.4, 0.5) is 0 Å². The number of hydrogen-bond donors (Lipinski definition) is 2. The molecule has 1 saturated heterocycles. The molecule has 2 N–H and O–H groups in total. The van der Waals surface area contributed by atoms with E-state index in [2.05, 4.69) is 0 Å². The number of hydrogen-bond acceptors (Lipinski definition) is 6. The molecule has 4 rings (SSSR count). The van der Waals surface area contributed by atoms with Gasteiger partial charge in [-0.05, 0) is 68.3 Å². The van der Waals surface area contributed by atoms with Crippen molar-refractivity contribution in [2.75, 3.05) is 7.11 Å². The Bertz CT molecular complexity index is 1300. The zero-order chi connectivity index (χ0) is 26.0. The first kappa shape index (κ1) is 24.9. The second-order valence-corrected chi connectivity index (χ2v) is 9.61. The summed E-state index contributed by atoms with van der Waals surface area (Å²) in [5.74, 6) is -0.526. The Labute approximate surface area is 210 Å². The highest BCUT2D eigenvalue weighted by molar-refractivity contribution is 6.46. The van der Waals surface area contributed by atoms with E-state index < -0.39 is 17.7 Å². The number of nitrogens with zero attached hydrogens (tertiary/aromatic N) is 1. The van der Waals surface area contributed by atoms with Crippen molar-refractivity contribution < 1.29 is 29.3 Å². The lowest BCUT2D eigenvalue weighted by molar-refractivity contribution is -0.140. The van der Waals surface area contributed by atoms with Gasteiger partial charge in [0, 0.05) is 12.1 Å². The van der Waals surface area contributed by atoms with Crippen molar-refractivity contribution in [3.8, 4) is 17.2 Å². The lowest BCUT2D eigenvalue weighted by atomic mass is 9.95. The smallest absolute Gasteiger partial charge is 0.295 e. The summed E-state index contributed by atoms with van der Waals surface area (Å²) in [5.41, 5.74) is 1.37. The van der Waals surface area contributed by atoms with Crippen LogP contribution in [-0.4, -0.2) is 39.5 Å². The van der Waals surface area contributed by atoms with E-state index in [4.69, 9.17) is 9.47 Å². The lowest BCUT2D eigenvalue weighted by Gasteiger charge is -2.26. The molecule has 3 aromatic rings. The van der Waals surface area contributed by atoms with Gasteiger partial charge in [-0.2, -0.15) is 0 Å². The number of benzene rings is 3. The normalized spacial score (nSPS) is 17.3. The van der Waals surface area contributed by atoms with Crippen molar-refractivity contribution in [2.24, 2.45) is 0 Å². The first-order chi connectivity index (χ1) is 17.1. The van der Waals surface area contributed by atoms with Crippen LogP contribution in [0.1, 0.15) is 43.5 Å². The summed E-state index contributed by atoms with van der Waals surface area (Å²) in [5, 5.41) is 21.0. The molecule has 1 atom stereocenters. The van der Waals surface area contributed by atoms with Crippen LogP contribution in [0.2, 0.25) is 0 Å². The van der Waals surface area contributed by atoms with Gasteiger partial charge >= 0.3 is 0 Å². The van der Waals surface area contributed by atoms with E-state index in [9.17, 15) is 19.8 Å². The van der Waals surface area contributed by atoms with Crippen molar-refractivity contribution in [3.05, 3.63) is 95.1 Å². The predicted octanol–water partition coefficient (Wildman–Crippen LogP) is 5.20. The third-order valence-electron chi connectivity index (χ3n) is 5.79. The summed E-state index contributed by atoms with van der Waals surface area (Å²) >= 11 is 0. The number of phenols is 1. The first-order valence-corrected chi connectivity index (χ1v) is 11.6. The molecular formula is C29H29NO6. The molecule has 1 aliphatic rings. The molecule has 1 fully saturated rings. The molecule has 1 aliphatic heterocycles. The molecular weight excluding hydrogens is 458 g/mol. The Morgan fingerprint density at radius 2 is 1.61 bits per heavy atom. The van der Waals surface area contributed by atoms with E-state index >= 15 is 0 Å². The third-order valence-corrected chi connectivity index (χ3v) is 5.79. The zero-order valence-electron chi connectivity index (χ0n) is 20.7. The standard InChI is InChI=1S/C29H29NO6/c1-29(2,3)36-22-14-8-18(9-15-22)17-30-25(19-10-12-21(31)13-11-19)24(27(33)28(30)34)26(32)20-6-5-7-23(16-20)35-4/h5-16,25,31-32H,17H2,1-4H3/b26-24-. The monoisotopic (exact) mass is 487 g/mol. The third kappa shape index (κ3) is 5.20. The van der Waals surface area contributed by atoms with Crippen LogP contribution >= 0.6 is 0 Å². The predicted molar refractivity (Wildman–Crippen MR) is 136 cm³/mol. The molecule has 0 saturated carbocycles. The summed E-state index contributed by atoms with van der Waals surface area (Å²) in [6, 6.07) is 19.4. The number of phenolic OH excluding ortho intramolecular Hbond substituents is 1. The molecule has 186 valence electrons. The van der Waals surface area contributed by atoms with Crippen molar-refractivity contribution in [1.82, 2.24) is 4.90 Å². The van der Waals surface area contributed by atoms with Crippen molar-refractivity contribution in [3.63, 3.8) is 0 Å². The fourth-order valence-electron chi connectivity index (χ4n) is 4.19. The van der Waals surface area contributed by atoms with Crippen LogP contribution in [0.3, 0.4) is 0 Å². The molecule has 36 heavy (non-hydrogen) atoms. The number of carbonyl (C=O) groups is 2. The molecule has 0 spiro atoms. The molecule has 1 amide bonds. The fourth-order valence-corrected chi connectivity index (χ4v) is 4.19. The number of aromatic hydroxyl groups is 1. The van der Waals surface area contributed by atoms with Crippen molar-refractivity contribution >= 4 is 17.4 Å². The average Bonchev–Trinajstić information content (AvgIpc) is 3.09. The molecule has 7 nitrogen and oxygen atoms in total. The van der Waals surface area contributed by atoms with Crippen LogP contribution < -0.4 is 9.47 Å². The molecule has 3 aromatic carbocycles. The molecule has 0 bridgehead atoms. The van der Waals surface area contributed by atoms with E-state index in [1.165, 1.54) is 24.1 Å². The number of carbonyl (C=O) groups excluding carboxylic acids is 2. The number of Topliss-reactive ketones (excluding diaryl/α,β-unsaturated/α-hetero) is 1. The molecule has 1 heterocycles. The number of ketones is 1. The highest BCUT2D eigenvalue weighted by Gasteiger charge is 2.46. The number of methoxy groups -OCH3 is 1. The van der Waals surface area contributed by atoms with Crippen molar-refractivity contribution in [1.29, 1.82) is 0 Å². The van der Waals surface area contributed by atoms with E-state index in [1.54, 1.807) is 36.4 Å². The van der Waals surface area contributed by atoms with Gasteiger partial charge < -0.3 is 24.6 Å². The molecule has 0 aromatic heterocycles. The minimum absolute atomic E-state index is 0.0216. The maximum absolute atomic E-state index is 13.2. The highest BCUT2D eigenvalue weighted by atomic mass is 16.5. The molecule has 7 heteroatoms. The Morgan fingerprint density at radius 1 is 0.944 bits per heavy atom. The van der Waals surface area contributed by atoms with Crippen LogP contribution in [0.15, 0.2) is 78.4 Å².